The van der Waals surface area contributed by atoms with Crippen LogP contribution in [0.2, 0.25) is 10.0 Å². The molecule has 0 amide bonds. The summed E-state index contributed by atoms with van der Waals surface area (Å²) in [6, 6.07) is 5.42. The molecule has 0 N–H and O–H groups in total. The fourth-order valence-electron chi connectivity index (χ4n) is 0.477. The minimum absolute atomic E-state index is 0. The second-order valence-corrected chi connectivity index (χ2v) is 3.18. The van der Waals surface area contributed by atoms with Crippen LogP contribution in [-0.2, 0) is 0 Å². The van der Waals surface area contributed by atoms with Crippen molar-refractivity contribution in [2.45, 2.75) is 0 Å². The van der Waals surface area contributed by atoms with Gasteiger partial charge in [0.15, 0.2) is 0 Å². The first-order valence-corrected chi connectivity index (χ1v) is 3.86. The first-order valence-electron chi connectivity index (χ1n) is 2.31. The Labute approximate surface area is 94.2 Å². The lowest BCUT2D eigenvalue weighted by Crippen LogP contribution is -1.68. The van der Waals surface area contributed by atoms with E-state index in [0.717, 1.165) is 4.47 Å². The molecule has 0 nitrogen and oxygen atoms in total. The SMILES string of the molecule is Clc1cccc(Br)c1Cl.[MgH2]. The molecule has 0 radical (unpaired) electrons. The minimum Gasteiger partial charge on any atom is -0.0827 e. The van der Waals surface area contributed by atoms with E-state index in [9.17, 15) is 0 Å². The van der Waals surface area contributed by atoms with Crippen molar-refractivity contribution in [2.24, 2.45) is 0 Å². The standard InChI is InChI=1S/C6H3BrCl2.Mg.2H/c7-4-2-1-3-5(8)6(4)9;;;/h1-3H;;;. The first-order chi connectivity index (χ1) is 4.22. The molecule has 52 valence electrons. The summed E-state index contributed by atoms with van der Waals surface area (Å²) in [7, 11) is 0. The zero-order chi connectivity index (χ0) is 6.85. The third kappa shape index (κ3) is 2.59. The Morgan fingerprint density at radius 3 is 2.20 bits per heavy atom. The molecular weight excluding hydrogens is 247 g/mol. The van der Waals surface area contributed by atoms with Gasteiger partial charge in [-0.2, -0.15) is 0 Å². The van der Waals surface area contributed by atoms with E-state index in [1.807, 2.05) is 12.1 Å². The lowest BCUT2D eigenvalue weighted by atomic mass is 10.4. The van der Waals surface area contributed by atoms with Crippen LogP contribution in [0, 0.1) is 0 Å². The summed E-state index contributed by atoms with van der Waals surface area (Å²) in [5.41, 5.74) is 0. The number of rotatable bonds is 0. The van der Waals surface area contributed by atoms with E-state index >= 15 is 0 Å². The third-order valence-corrected chi connectivity index (χ3v) is 2.61. The van der Waals surface area contributed by atoms with Gasteiger partial charge in [-0.15, -0.1) is 0 Å². The maximum atomic E-state index is 5.70. The summed E-state index contributed by atoms with van der Waals surface area (Å²) >= 11 is 14.6. The van der Waals surface area contributed by atoms with Gasteiger partial charge in [0.05, 0.1) is 10.0 Å². The summed E-state index contributed by atoms with van der Waals surface area (Å²) in [4.78, 5) is 0. The summed E-state index contributed by atoms with van der Waals surface area (Å²) < 4.78 is 0.830. The van der Waals surface area contributed by atoms with E-state index in [-0.39, 0.29) is 23.1 Å². The van der Waals surface area contributed by atoms with E-state index in [0.29, 0.717) is 10.0 Å². The van der Waals surface area contributed by atoms with Gasteiger partial charge in [-0.3, -0.25) is 0 Å². The fraction of sp³-hybridized carbons (Fsp3) is 0. The van der Waals surface area contributed by atoms with Crippen molar-refractivity contribution in [1.29, 1.82) is 0 Å². The maximum Gasteiger partial charge on any atom is 0.316 e. The largest absolute Gasteiger partial charge is 0.316 e. The van der Waals surface area contributed by atoms with Crippen molar-refractivity contribution < 1.29 is 0 Å². The molecule has 0 aliphatic heterocycles. The molecule has 10 heavy (non-hydrogen) atoms. The second kappa shape index (κ2) is 4.83. The topological polar surface area (TPSA) is 0 Å². The maximum absolute atomic E-state index is 5.70. The lowest BCUT2D eigenvalue weighted by molar-refractivity contribution is 1.65. The number of benzene rings is 1. The van der Waals surface area contributed by atoms with Crippen LogP contribution in [0.5, 0.6) is 0 Å². The molecule has 0 heterocycles. The highest BCUT2D eigenvalue weighted by atomic mass is 79.9. The molecule has 0 saturated heterocycles. The molecule has 1 rings (SSSR count). The van der Waals surface area contributed by atoms with E-state index in [1.54, 1.807) is 6.07 Å². The molecule has 0 bridgehead atoms. The van der Waals surface area contributed by atoms with Crippen molar-refractivity contribution in [3.63, 3.8) is 0 Å². The number of halogens is 3. The van der Waals surface area contributed by atoms with Gasteiger partial charge in [0.1, 0.15) is 0 Å². The quantitative estimate of drug-likeness (QED) is 0.492. The molecule has 4 heteroatoms. The van der Waals surface area contributed by atoms with Crippen LogP contribution in [0.25, 0.3) is 0 Å². The summed E-state index contributed by atoms with van der Waals surface area (Å²) in [6.07, 6.45) is 0. The van der Waals surface area contributed by atoms with Crippen LogP contribution in [0.15, 0.2) is 22.7 Å². The second-order valence-electron chi connectivity index (χ2n) is 1.54. The molecule has 0 spiro atoms. The van der Waals surface area contributed by atoms with Crippen molar-refractivity contribution in [3.05, 3.63) is 32.7 Å². The summed E-state index contributed by atoms with van der Waals surface area (Å²) in [5, 5.41) is 1.14. The molecule has 0 unspecified atom stereocenters. The first kappa shape index (κ1) is 11.0. The molecule has 0 atom stereocenters. The molecule has 0 aliphatic rings. The molecular formula is C6H5BrCl2Mg. The van der Waals surface area contributed by atoms with Crippen LogP contribution in [0.1, 0.15) is 0 Å². The molecule has 1 aromatic rings. The van der Waals surface area contributed by atoms with E-state index < -0.39 is 0 Å². The Morgan fingerprint density at radius 1 is 1.20 bits per heavy atom. The van der Waals surface area contributed by atoms with Gasteiger partial charge >= 0.3 is 23.1 Å². The van der Waals surface area contributed by atoms with Crippen LogP contribution in [-0.4, -0.2) is 23.1 Å². The fourth-order valence-corrected chi connectivity index (χ4v) is 1.26. The van der Waals surface area contributed by atoms with Crippen molar-refractivity contribution in [3.8, 4) is 0 Å². The van der Waals surface area contributed by atoms with Gasteiger partial charge in [0.2, 0.25) is 0 Å². The van der Waals surface area contributed by atoms with Crippen LogP contribution < -0.4 is 0 Å². The molecule has 0 saturated carbocycles. The predicted molar refractivity (Wildman–Crippen MR) is 52.7 cm³/mol. The van der Waals surface area contributed by atoms with Crippen LogP contribution in [0.4, 0.5) is 0 Å². The Balaban J connectivity index is 0.000000810. The highest BCUT2D eigenvalue weighted by Crippen LogP contribution is 2.28. The average molecular weight is 252 g/mol. The Bertz CT molecular complexity index is 207. The molecule has 0 fully saturated rings. The normalized spacial score (nSPS) is 8.70. The van der Waals surface area contributed by atoms with Gasteiger partial charge in [0.25, 0.3) is 0 Å². The van der Waals surface area contributed by atoms with E-state index in [2.05, 4.69) is 15.9 Å². The molecule has 0 aliphatic carbocycles. The van der Waals surface area contributed by atoms with Gasteiger partial charge in [-0.1, -0.05) is 29.3 Å². The van der Waals surface area contributed by atoms with Crippen LogP contribution >= 0.6 is 39.1 Å². The predicted octanol–water partition coefficient (Wildman–Crippen LogP) is 2.84. The lowest BCUT2D eigenvalue weighted by Gasteiger charge is -1.94. The summed E-state index contributed by atoms with van der Waals surface area (Å²) in [5.74, 6) is 0. The van der Waals surface area contributed by atoms with Gasteiger partial charge in [0, 0.05) is 4.47 Å². The highest BCUT2D eigenvalue weighted by Gasteiger charge is 1.98. The van der Waals surface area contributed by atoms with E-state index in [4.69, 9.17) is 23.2 Å². The Kier molecular flexibility index (Phi) is 5.34. The smallest absolute Gasteiger partial charge is 0.0827 e. The monoisotopic (exact) mass is 250 g/mol. The number of hydrogen-bond donors (Lipinski definition) is 0. The Hall–Kier alpha value is 1.05. The Morgan fingerprint density at radius 2 is 1.80 bits per heavy atom. The van der Waals surface area contributed by atoms with Crippen LogP contribution in [0.3, 0.4) is 0 Å². The van der Waals surface area contributed by atoms with Crippen molar-refractivity contribution >= 4 is 62.2 Å². The third-order valence-electron chi connectivity index (χ3n) is 0.904. The molecule has 0 aromatic heterocycles. The van der Waals surface area contributed by atoms with E-state index in [1.165, 1.54) is 0 Å². The zero-order valence-corrected chi connectivity index (χ0v) is 7.46. The zero-order valence-electron chi connectivity index (χ0n) is 4.37. The summed E-state index contributed by atoms with van der Waals surface area (Å²) in [6.45, 7) is 0. The highest BCUT2D eigenvalue weighted by molar-refractivity contribution is 9.10. The molecule has 1 aromatic carbocycles. The van der Waals surface area contributed by atoms with Gasteiger partial charge < -0.3 is 0 Å². The van der Waals surface area contributed by atoms with Crippen molar-refractivity contribution in [2.75, 3.05) is 0 Å². The number of hydrogen-bond acceptors (Lipinski definition) is 0. The van der Waals surface area contributed by atoms with Gasteiger partial charge in [-0.05, 0) is 28.1 Å². The van der Waals surface area contributed by atoms with Gasteiger partial charge in [-0.25, -0.2) is 0 Å². The minimum atomic E-state index is 0. The average Bonchev–Trinajstić information content (AvgIpc) is 1.83. The van der Waals surface area contributed by atoms with Crippen molar-refractivity contribution in [1.82, 2.24) is 0 Å².